The molecular formula is C26H31N5OS. The van der Waals surface area contributed by atoms with Crippen molar-refractivity contribution in [3.8, 4) is 12.1 Å². The maximum absolute atomic E-state index is 9.52. The fourth-order valence-electron chi connectivity index (χ4n) is 4.54. The lowest BCUT2D eigenvalue weighted by molar-refractivity contribution is 0.204. The Bertz CT molecular complexity index is 997. The smallest absolute Gasteiger partial charge is 0.169 e. The van der Waals surface area contributed by atoms with Crippen LogP contribution in [-0.4, -0.2) is 53.2 Å². The second-order valence-electron chi connectivity index (χ2n) is 8.57. The van der Waals surface area contributed by atoms with Crippen LogP contribution in [0.2, 0.25) is 0 Å². The number of piperidine rings is 1. The Hall–Kier alpha value is -2.87. The summed E-state index contributed by atoms with van der Waals surface area (Å²) in [4.78, 5) is 6.81. The Labute approximate surface area is 201 Å². The molecule has 0 spiro atoms. The average molecular weight is 462 g/mol. The number of hydrogen-bond acceptors (Lipinski definition) is 7. The summed E-state index contributed by atoms with van der Waals surface area (Å²) in [6, 6.07) is 18.6. The van der Waals surface area contributed by atoms with Gasteiger partial charge in [-0.3, -0.25) is 4.90 Å². The van der Waals surface area contributed by atoms with Crippen molar-refractivity contribution in [3.63, 3.8) is 0 Å². The standard InChI is InChI=1S/C26H31N5OS/c27-17-23(18-28)26-30(13-14-31(26)19-22-7-3-1-4-8-22)15-16-33-21-25-10-9-24(32-25)20-29-11-5-2-6-12-29/h1,3-4,7-10H,2,5-6,11-16,19-21H2. The molecule has 3 heterocycles. The molecule has 0 bridgehead atoms. The molecular weight excluding hydrogens is 430 g/mol. The van der Waals surface area contributed by atoms with Crippen LogP contribution in [0, 0.1) is 22.7 Å². The zero-order valence-corrected chi connectivity index (χ0v) is 19.9. The minimum absolute atomic E-state index is 0.196. The summed E-state index contributed by atoms with van der Waals surface area (Å²) < 4.78 is 6.06. The molecule has 0 amide bonds. The van der Waals surface area contributed by atoms with Gasteiger partial charge in [0.15, 0.2) is 5.57 Å². The van der Waals surface area contributed by atoms with Gasteiger partial charge in [-0.2, -0.15) is 22.3 Å². The summed E-state index contributed by atoms with van der Waals surface area (Å²) in [5.41, 5.74) is 1.38. The van der Waals surface area contributed by atoms with E-state index in [1.54, 1.807) is 0 Å². The summed E-state index contributed by atoms with van der Waals surface area (Å²) in [5, 5.41) is 19.0. The molecule has 0 N–H and O–H groups in total. The minimum Gasteiger partial charge on any atom is -0.464 e. The van der Waals surface area contributed by atoms with Crippen molar-refractivity contribution in [2.24, 2.45) is 0 Å². The van der Waals surface area contributed by atoms with Crippen molar-refractivity contribution < 1.29 is 4.42 Å². The SMILES string of the molecule is N#CC(C#N)=C1N(CCSCc2ccc(CN3CCCCC3)o2)CCN1Cc1ccccc1. The average Bonchev–Trinajstić information content (AvgIpc) is 3.46. The largest absolute Gasteiger partial charge is 0.464 e. The lowest BCUT2D eigenvalue weighted by Gasteiger charge is -2.25. The molecule has 0 unspecified atom stereocenters. The van der Waals surface area contributed by atoms with E-state index in [2.05, 4.69) is 51.1 Å². The van der Waals surface area contributed by atoms with Crippen molar-refractivity contribution in [3.05, 3.63) is 70.9 Å². The van der Waals surface area contributed by atoms with Gasteiger partial charge in [0.25, 0.3) is 0 Å². The summed E-state index contributed by atoms with van der Waals surface area (Å²) in [5.74, 6) is 4.59. The highest BCUT2D eigenvalue weighted by atomic mass is 32.2. The summed E-state index contributed by atoms with van der Waals surface area (Å²) >= 11 is 1.83. The van der Waals surface area contributed by atoms with Crippen molar-refractivity contribution in [1.82, 2.24) is 14.7 Å². The Kier molecular flexibility index (Phi) is 8.35. The molecule has 172 valence electrons. The third kappa shape index (κ3) is 6.35. The molecule has 2 saturated heterocycles. The van der Waals surface area contributed by atoms with Crippen LogP contribution in [0.5, 0.6) is 0 Å². The number of nitriles is 2. The predicted molar refractivity (Wildman–Crippen MR) is 131 cm³/mol. The topological polar surface area (TPSA) is 70.4 Å². The van der Waals surface area contributed by atoms with E-state index in [-0.39, 0.29) is 5.57 Å². The van der Waals surface area contributed by atoms with Crippen LogP contribution in [0.4, 0.5) is 0 Å². The zero-order valence-electron chi connectivity index (χ0n) is 19.1. The molecule has 7 heteroatoms. The molecule has 2 aliphatic heterocycles. The minimum atomic E-state index is 0.196. The third-order valence-electron chi connectivity index (χ3n) is 6.20. The number of rotatable bonds is 9. The lowest BCUT2D eigenvalue weighted by atomic mass is 10.1. The number of thioether (sulfide) groups is 1. The Morgan fingerprint density at radius 3 is 2.33 bits per heavy atom. The fraction of sp³-hybridized carbons (Fsp3) is 0.462. The van der Waals surface area contributed by atoms with E-state index < -0.39 is 0 Å². The third-order valence-corrected chi connectivity index (χ3v) is 7.16. The van der Waals surface area contributed by atoms with Crippen molar-refractivity contribution in [2.75, 3.05) is 38.5 Å². The van der Waals surface area contributed by atoms with E-state index >= 15 is 0 Å². The van der Waals surface area contributed by atoms with E-state index in [0.29, 0.717) is 6.54 Å². The van der Waals surface area contributed by atoms with Gasteiger partial charge in [-0.05, 0) is 43.6 Å². The highest BCUT2D eigenvalue weighted by Crippen LogP contribution is 2.25. The number of hydrogen-bond donors (Lipinski definition) is 0. The second-order valence-corrected chi connectivity index (χ2v) is 9.68. The van der Waals surface area contributed by atoms with Crippen LogP contribution < -0.4 is 0 Å². The van der Waals surface area contributed by atoms with Crippen LogP contribution in [0.15, 0.2) is 58.3 Å². The molecule has 2 fully saturated rings. The van der Waals surface area contributed by atoms with E-state index in [4.69, 9.17) is 4.42 Å². The number of nitrogens with zero attached hydrogens (tertiary/aromatic N) is 5. The number of likely N-dealkylation sites (tertiary alicyclic amines) is 1. The van der Waals surface area contributed by atoms with E-state index in [1.807, 2.05) is 30.0 Å². The van der Waals surface area contributed by atoms with Crippen LogP contribution in [0.25, 0.3) is 0 Å². The molecule has 33 heavy (non-hydrogen) atoms. The monoisotopic (exact) mass is 461 g/mol. The quantitative estimate of drug-likeness (QED) is 0.400. The molecule has 4 rings (SSSR count). The van der Waals surface area contributed by atoms with Crippen molar-refractivity contribution in [2.45, 2.75) is 38.1 Å². The van der Waals surface area contributed by atoms with Gasteiger partial charge >= 0.3 is 0 Å². The molecule has 2 aliphatic rings. The first-order valence-corrected chi connectivity index (χ1v) is 12.9. The number of benzene rings is 1. The van der Waals surface area contributed by atoms with Crippen molar-refractivity contribution in [1.29, 1.82) is 10.5 Å². The Balaban J connectivity index is 1.28. The molecule has 1 aromatic heterocycles. The number of furan rings is 1. The normalized spacial score (nSPS) is 16.6. The number of allylic oxidation sites excluding steroid dienone is 1. The summed E-state index contributed by atoms with van der Waals surface area (Å²) in [6.07, 6.45) is 3.93. The molecule has 0 radical (unpaired) electrons. The molecule has 6 nitrogen and oxygen atoms in total. The van der Waals surface area contributed by atoms with Gasteiger partial charge in [0.2, 0.25) is 0 Å². The van der Waals surface area contributed by atoms with Crippen LogP contribution in [0.3, 0.4) is 0 Å². The lowest BCUT2D eigenvalue weighted by Crippen LogP contribution is -2.28. The van der Waals surface area contributed by atoms with Gasteiger partial charge in [0.05, 0.1) is 12.3 Å². The van der Waals surface area contributed by atoms with Gasteiger partial charge < -0.3 is 14.2 Å². The molecule has 2 aromatic rings. The second kappa shape index (κ2) is 11.8. The molecule has 0 saturated carbocycles. The highest BCUT2D eigenvalue weighted by Gasteiger charge is 2.28. The highest BCUT2D eigenvalue weighted by molar-refractivity contribution is 7.98. The Morgan fingerprint density at radius 2 is 1.58 bits per heavy atom. The van der Waals surface area contributed by atoms with Crippen molar-refractivity contribution >= 4 is 11.8 Å². The van der Waals surface area contributed by atoms with E-state index in [9.17, 15) is 10.5 Å². The molecule has 0 aliphatic carbocycles. The van der Waals surface area contributed by atoms with Gasteiger partial charge in [0, 0.05) is 31.9 Å². The van der Waals surface area contributed by atoms with Gasteiger partial charge in [-0.1, -0.05) is 36.8 Å². The van der Waals surface area contributed by atoms with E-state index in [0.717, 1.165) is 55.0 Å². The molecule has 1 aromatic carbocycles. The first-order chi connectivity index (χ1) is 16.3. The maximum atomic E-state index is 9.52. The predicted octanol–water partition coefficient (Wildman–Crippen LogP) is 4.58. The van der Waals surface area contributed by atoms with Gasteiger partial charge in [-0.15, -0.1) is 0 Å². The zero-order chi connectivity index (χ0) is 22.9. The fourth-order valence-corrected chi connectivity index (χ4v) is 5.39. The molecule has 0 atom stereocenters. The maximum Gasteiger partial charge on any atom is 0.169 e. The van der Waals surface area contributed by atoms with Gasteiger partial charge in [0.1, 0.15) is 29.5 Å². The summed E-state index contributed by atoms with van der Waals surface area (Å²) in [6.45, 7) is 6.42. The van der Waals surface area contributed by atoms with Crippen LogP contribution in [0.1, 0.15) is 36.3 Å². The summed E-state index contributed by atoms with van der Waals surface area (Å²) in [7, 11) is 0. The Morgan fingerprint density at radius 1 is 0.848 bits per heavy atom. The first-order valence-electron chi connectivity index (χ1n) is 11.7. The van der Waals surface area contributed by atoms with Crippen LogP contribution in [-0.2, 0) is 18.8 Å². The van der Waals surface area contributed by atoms with Crippen LogP contribution >= 0.6 is 11.8 Å². The first kappa shape index (κ1) is 23.3. The van der Waals surface area contributed by atoms with E-state index in [1.165, 1.54) is 37.9 Å². The van der Waals surface area contributed by atoms with Gasteiger partial charge in [-0.25, -0.2) is 0 Å².